The lowest BCUT2D eigenvalue weighted by molar-refractivity contribution is -0.143. The molecule has 0 N–H and O–H groups in total. The summed E-state index contributed by atoms with van der Waals surface area (Å²) in [6.07, 6.45) is 3.10. The molecule has 37 heavy (non-hydrogen) atoms. The number of carbonyl (C=O) groups is 3. The van der Waals surface area contributed by atoms with Gasteiger partial charge in [0.25, 0.3) is 0 Å². The largest absolute Gasteiger partial charge is 0.496 e. The van der Waals surface area contributed by atoms with E-state index in [9.17, 15) is 14.4 Å². The van der Waals surface area contributed by atoms with E-state index in [1.165, 1.54) is 14.2 Å². The fourth-order valence-electron chi connectivity index (χ4n) is 3.16. The lowest BCUT2D eigenvalue weighted by Gasteiger charge is -2.19. The molecule has 0 fully saturated rings. The molecule has 0 saturated heterocycles. The smallest absolute Gasteiger partial charge is 0.316 e. The Morgan fingerprint density at radius 1 is 0.811 bits per heavy atom. The van der Waals surface area contributed by atoms with Crippen molar-refractivity contribution in [3.8, 4) is 17.2 Å². The molecule has 7 heteroatoms. The fourth-order valence-corrected chi connectivity index (χ4v) is 3.16. The number of rotatable bonds is 9. The van der Waals surface area contributed by atoms with Gasteiger partial charge in [0.15, 0.2) is 5.76 Å². The molecule has 0 unspecified atom stereocenters. The lowest BCUT2D eigenvalue weighted by atomic mass is 9.97. The van der Waals surface area contributed by atoms with Crippen molar-refractivity contribution in [3.63, 3.8) is 0 Å². The molecule has 2 rings (SSSR count). The molecular formula is C30H38O7. The van der Waals surface area contributed by atoms with Gasteiger partial charge in [0.2, 0.25) is 5.78 Å². The number of ketones is 1. The SMILES string of the molecule is CCCc1cc(C=C(OC)C(=O)c2ccc(OC(=O)C(C)(C)C)cc2)c(OC)cc1OC(=O)C(C)(C)C. The van der Waals surface area contributed by atoms with Crippen LogP contribution < -0.4 is 14.2 Å². The third-order valence-corrected chi connectivity index (χ3v) is 5.42. The standard InChI is InChI=1S/C30H38O7/c1-10-11-20-16-21(23(34-8)18-24(20)37-28(33)30(5,6)7)17-25(35-9)26(31)19-12-14-22(15-13-19)36-27(32)29(2,3)4/h12-18H,10-11H2,1-9H3. The summed E-state index contributed by atoms with van der Waals surface area (Å²) < 4.78 is 22.0. The maximum absolute atomic E-state index is 13.2. The first kappa shape index (κ1) is 29.6. The van der Waals surface area contributed by atoms with Crippen LogP contribution in [0.3, 0.4) is 0 Å². The van der Waals surface area contributed by atoms with Gasteiger partial charge >= 0.3 is 11.9 Å². The van der Waals surface area contributed by atoms with Gasteiger partial charge in [-0.05, 0) is 89.9 Å². The highest BCUT2D eigenvalue weighted by molar-refractivity contribution is 6.10. The van der Waals surface area contributed by atoms with E-state index in [4.69, 9.17) is 18.9 Å². The molecule has 0 aliphatic rings. The number of allylic oxidation sites excluding steroid dienone is 1. The number of methoxy groups -OCH3 is 2. The van der Waals surface area contributed by atoms with Crippen LogP contribution in [-0.2, 0) is 20.7 Å². The minimum Gasteiger partial charge on any atom is -0.496 e. The first-order valence-corrected chi connectivity index (χ1v) is 12.3. The summed E-state index contributed by atoms with van der Waals surface area (Å²) >= 11 is 0. The summed E-state index contributed by atoms with van der Waals surface area (Å²) in [4.78, 5) is 37.8. The topological polar surface area (TPSA) is 88.1 Å². The first-order valence-electron chi connectivity index (χ1n) is 12.3. The van der Waals surface area contributed by atoms with Crippen molar-refractivity contribution in [3.05, 3.63) is 58.8 Å². The molecule has 2 aromatic carbocycles. The van der Waals surface area contributed by atoms with Crippen LogP contribution in [0.2, 0.25) is 0 Å². The van der Waals surface area contributed by atoms with Crippen molar-refractivity contribution >= 4 is 23.8 Å². The molecule has 7 nitrogen and oxygen atoms in total. The number of aryl methyl sites for hydroxylation is 1. The van der Waals surface area contributed by atoms with Crippen molar-refractivity contribution < 1.29 is 33.3 Å². The van der Waals surface area contributed by atoms with E-state index in [1.807, 2.05) is 13.0 Å². The predicted octanol–water partition coefficient (Wildman–Crippen LogP) is 6.42. The van der Waals surface area contributed by atoms with Crippen LogP contribution in [0.25, 0.3) is 6.08 Å². The third-order valence-electron chi connectivity index (χ3n) is 5.42. The molecule has 0 amide bonds. The Bertz CT molecular complexity index is 1160. The summed E-state index contributed by atoms with van der Waals surface area (Å²) in [5, 5.41) is 0. The van der Waals surface area contributed by atoms with Gasteiger partial charge < -0.3 is 18.9 Å². The monoisotopic (exact) mass is 510 g/mol. The van der Waals surface area contributed by atoms with Gasteiger partial charge in [0.1, 0.15) is 17.2 Å². The Balaban J connectivity index is 2.40. The maximum atomic E-state index is 13.2. The normalized spacial score (nSPS) is 12.1. The van der Waals surface area contributed by atoms with E-state index in [0.29, 0.717) is 34.8 Å². The van der Waals surface area contributed by atoms with Crippen LogP contribution in [0.15, 0.2) is 42.2 Å². The van der Waals surface area contributed by atoms with Gasteiger partial charge in [-0.1, -0.05) is 13.3 Å². The second-order valence-electron chi connectivity index (χ2n) is 10.8. The van der Waals surface area contributed by atoms with E-state index in [0.717, 1.165) is 12.0 Å². The molecule has 0 aliphatic heterocycles. The minimum absolute atomic E-state index is 0.0969. The van der Waals surface area contributed by atoms with E-state index >= 15 is 0 Å². The van der Waals surface area contributed by atoms with Crippen LogP contribution in [0.4, 0.5) is 0 Å². The van der Waals surface area contributed by atoms with Crippen molar-refractivity contribution in [2.45, 2.75) is 61.3 Å². The van der Waals surface area contributed by atoms with E-state index < -0.39 is 10.8 Å². The summed E-state index contributed by atoms with van der Waals surface area (Å²) in [6, 6.07) is 9.81. The molecular weight excluding hydrogens is 472 g/mol. The zero-order valence-electron chi connectivity index (χ0n) is 23.3. The summed E-state index contributed by atoms with van der Waals surface area (Å²) in [6.45, 7) is 12.7. The molecule has 0 aliphatic carbocycles. The number of esters is 2. The number of Topliss-reactive ketones (excluding diaryl/α,β-unsaturated/α-hetero) is 1. The minimum atomic E-state index is -0.661. The van der Waals surface area contributed by atoms with Crippen LogP contribution >= 0.6 is 0 Å². The maximum Gasteiger partial charge on any atom is 0.316 e. The number of benzene rings is 2. The van der Waals surface area contributed by atoms with Crippen LogP contribution in [0.5, 0.6) is 17.2 Å². The Labute approximate surface area is 219 Å². The highest BCUT2D eigenvalue weighted by atomic mass is 16.5. The Morgan fingerprint density at radius 2 is 1.38 bits per heavy atom. The van der Waals surface area contributed by atoms with Gasteiger partial charge in [-0.3, -0.25) is 14.4 Å². The van der Waals surface area contributed by atoms with Crippen molar-refractivity contribution in [1.82, 2.24) is 0 Å². The molecule has 2 aromatic rings. The Hall–Kier alpha value is -3.61. The summed E-state index contributed by atoms with van der Waals surface area (Å²) in [5.41, 5.74) is 0.497. The third kappa shape index (κ3) is 7.94. The molecule has 200 valence electrons. The van der Waals surface area contributed by atoms with Crippen LogP contribution in [-0.4, -0.2) is 31.9 Å². The molecule has 0 aromatic heterocycles. The number of carbonyl (C=O) groups excluding carboxylic acids is 3. The van der Waals surface area contributed by atoms with Crippen LogP contribution in [0.1, 0.15) is 76.4 Å². The highest BCUT2D eigenvalue weighted by Crippen LogP contribution is 2.33. The average Bonchev–Trinajstić information content (AvgIpc) is 2.82. The fraction of sp³-hybridized carbons (Fsp3) is 0.433. The second-order valence-corrected chi connectivity index (χ2v) is 10.8. The number of hydrogen-bond acceptors (Lipinski definition) is 7. The predicted molar refractivity (Wildman–Crippen MR) is 143 cm³/mol. The van der Waals surface area contributed by atoms with Crippen molar-refractivity contribution in [1.29, 1.82) is 0 Å². The van der Waals surface area contributed by atoms with Gasteiger partial charge in [-0.15, -0.1) is 0 Å². The number of ether oxygens (including phenoxy) is 4. The van der Waals surface area contributed by atoms with Gasteiger partial charge in [-0.25, -0.2) is 0 Å². The molecule has 0 heterocycles. The lowest BCUT2D eigenvalue weighted by Crippen LogP contribution is -2.26. The number of hydrogen-bond donors (Lipinski definition) is 0. The second kappa shape index (κ2) is 12.1. The molecule has 0 atom stereocenters. The average molecular weight is 511 g/mol. The molecule has 0 saturated carbocycles. The van der Waals surface area contributed by atoms with Crippen molar-refractivity contribution in [2.24, 2.45) is 10.8 Å². The highest BCUT2D eigenvalue weighted by Gasteiger charge is 2.26. The Kier molecular flexibility index (Phi) is 9.67. The van der Waals surface area contributed by atoms with E-state index in [1.54, 1.807) is 78.0 Å². The molecule has 0 bridgehead atoms. The summed E-state index contributed by atoms with van der Waals surface area (Å²) in [7, 11) is 2.93. The quantitative estimate of drug-likeness (QED) is 0.126. The van der Waals surface area contributed by atoms with Gasteiger partial charge in [0, 0.05) is 17.2 Å². The molecule has 0 spiro atoms. The zero-order chi connectivity index (χ0) is 28.0. The first-order chi connectivity index (χ1) is 17.2. The zero-order valence-corrected chi connectivity index (χ0v) is 23.3. The Morgan fingerprint density at radius 3 is 1.86 bits per heavy atom. The van der Waals surface area contributed by atoms with Gasteiger partial charge in [-0.2, -0.15) is 0 Å². The summed E-state index contributed by atoms with van der Waals surface area (Å²) in [5.74, 6) is 0.254. The van der Waals surface area contributed by atoms with Crippen LogP contribution in [0, 0.1) is 10.8 Å². The van der Waals surface area contributed by atoms with Gasteiger partial charge in [0.05, 0.1) is 25.0 Å². The van der Waals surface area contributed by atoms with Crippen molar-refractivity contribution in [2.75, 3.05) is 14.2 Å². The van der Waals surface area contributed by atoms with E-state index in [2.05, 4.69) is 0 Å². The molecule has 0 radical (unpaired) electrons. The van der Waals surface area contributed by atoms with E-state index in [-0.39, 0.29) is 23.5 Å².